The highest BCUT2D eigenvalue weighted by molar-refractivity contribution is 5.29. The molecule has 0 saturated heterocycles. The molecule has 1 aromatic heterocycles. The molecule has 1 rings (SSSR count). The van der Waals surface area contributed by atoms with Gasteiger partial charge in [-0.25, -0.2) is 4.98 Å². The lowest BCUT2D eigenvalue weighted by Gasteiger charge is -2.10. The van der Waals surface area contributed by atoms with Gasteiger partial charge >= 0.3 is 6.18 Å². The largest absolute Gasteiger partial charge is 0.475 e. The Balaban J connectivity index is 2.88. The van der Waals surface area contributed by atoms with Gasteiger partial charge < -0.3 is 9.84 Å². The zero-order valence-corrected chi connectivity index (χ0v) is 8.01. The molecule has 6 heteroatoms. The summed E-state index contributed by atoms with van der Waals surface area (Å²) in [5, 5.41) is 8.47. The number of alkyl halides is 3. The van der Waals surface area contributed by atoms with Crippen LogP contribution in [-0.4, -0.2) is 23.3 Å². The third-order valence-corrected chi connectivity index (χ3v) is 1.69. The van der Waals surface area contributed by atoms with E-state index in [4.69, 9.17) is 9.84 Å². The molecule has 0 fully saturated rings. The van der Waals surface area contributed by atoms with Gasteiger partial charge in [-0.1, -0.05) is 0 Å². The number of nitrogens with zero attached hydrogens (tertiary/aromatic N) is 1. The van der Waals surface area contributed by atoms with E-state index >= 15 is 0 Å². The Kier molecular flexibility index (Phi) is 3.52. The van der Waals surface area contributed by atoms with Gasteiger partial charge in [-0.15, -0.1) is 0 Å². The number of ether oxygens (including phenoxy) is 1. The quantitative estimate of drug-likeness (QED) is 0.845. The molecule has 0 aliphatic heterocycles. The van der Waals surface area contributed by atoms with Gasteiger partial charge in [-0.3, -0.25) is 0 Å². The van der Waals surface area contributed by atoms with E-state index in [2.05, 4.69) is 4.98 Å². The minimum atomic E-state index is -4.40. The van der Waals surface area contributed by atoms with Crippen molar-refractivity contribution in [3.8, 4) is 5.88 Å². The Labute approximate surface area is 84.5 Å². The third kappa shape index (κ3) is 3.09. The topological polar surface area (TPSA) is 42.4 Å². The number of aliphatic hydroxyl groups excluding tert-OH is 1. The molecule has 1 N–H and O–H groups in total. The van der Waals surface area contributed by atoms with Crippen molar-refractivity contribution in [2.24, 2.45) is 0 Å². The lowest BCUT2D eigenvalue weighted by Crippen LogP contribution is -2.09. The number of aromatic nitrogens is 1. The highest BCUT2D eigenvalue weighted by Gasteiger charge is 2.31. The standard InChI is InChI=1S/C9H10F3NO2/c1-6-4-7(9(10,11)12)5-13-8(6)15-3-2-14/h4-5,14H,2-3H2,1H3. The summed E-state index contributed by atoms with van der Waals surface area (Å²) in [6, 6.07) is 0.958. The van der Waals surface area contributed by atoms with E-state index in [-0.39, 0.29) is 19.1 Å². The summed E-state index contributed by atoms with van der Waals surface area (Å²) in [4.78, 5) is 3.53. The number of aryl methyl sites for hydroxylation is 1. The normalized spacial score (nSPS) is 11.5. The number of halogens is 3. The maximum absolute atomic E-state index is 12.2. The fraction of sp³-hybridized carbons (Fsp3) is 0.444. The Hall–Kier alpha value is -1.30. The predicted octanol–water partition coefficient (Wildman–Crippen LogP) is 1.78. The molecule has 0 amide bonds. The number of pyridine rings is 1. The maximum atomic E-state index is 12.2. The lowest BCUT2D eigenvalue weighted by molar-refractivity contribution is -0.137. The van der Waals surface area contributed by atoms with E-state index in [1.165, 1.54) is 6.92 Å². The fourth-order valence-corrected chi connectivity index (χ4v) is 1.01. The second kappa shape index (κ2) is 4.48. The number of hydrogen-bond acceptors (Lipinski definition) is 3. The highest BCUT2D eigenvalue weighted by Crippen LogP contribution is 2.30. The summed E-state index contributed by atoms with van der Waals surface area (Å²) in [5.74, 6) is 0.108. The van der Waals surface area contributed by atoms with E-state index in [1.807, 2.05) is 0 Å². The highest BCUT2D eigenvalue weighted by atomic mass is 19.4. The summed E-state index contributed by atoms with van der Waals surface area (Å²) < 4.78 is 41.6. The van der Waals surface area contributed by atoms with Gasteiger partial charge in [0.15, 0.2) is 0 Å². The van der Waals surface area contributed by atoms with Crippen molar-refractivity contribution in [3.05, 3.63) is 23.4 Å². The zero-order valence-electron chi connectivity index (χ0n) is 8.01. The lowest BCUT2D eigenvalue weighted by atomic mass is 10.2. The average molecular weight is 221 g/mol. The van der Waals surface area contributed by atoms with Crippen LogP contribution in [0.2, 0.25) is 0 Å². The molecule has 0 aliphatic carbocycles. The molecule has 15 heavy (non-hydrogen) atoms. The third-order valence-electron chi connectivity index (χ3n) is 1.69. The Bertz CT molecular complexity index is 339. The Morgan fingerprint density at radius 3 is 2.60 bits per heavy atom. The molecule has 0 radical (unpaired) electrons. The molecule has 0 saturated carbocycles. The number of hydrogen-bond donors (Lipinski definition) is 1. The van der Waals surface area contributed by atoms with Crippen LogP contribution in [0.4, 0.5) is 13.2 Å². The average Bonchev–Trinajstić information content (AvgIpc) is 2.14. The summed E-state index contributed by atoms with van der Waals surface area (Å²) in [6.45, 7) is 1.27. The van der Waals surface area contributed by atoms with Gasteiger partial charge in [0.25, 0.3) is 0 Å². The van der Waals surface area contributed by atoms with Crippen LogP contribution in [0.3, 0.4) is 0 Å². The molecule has 1 heterocycles. The second-order valence-corrected chi connectivity index (χ2v) is 2.92. The maximum Gasteiger partial charge on any atom is 0.417 e. The van der Waals surface area contributed by atoms with Crippen LogP contribution in [0.5, 0.6) is 5.88 Å². The van der Waals surface area contributed by atoms with Crippen LogP contribution in [0.15, 0.2) is 12.3 Å². The Morgan fingerprint density at radius 1 is 1.47 bits per heavy atom. The van der Waals surface area contributed by atoms with Crippen LogP contribution in [0.25, 0.3) is 0 Å². The smallest absolute Gasteiger partial charge is 0.417 e. The van der Waals surface area contributed by atoms with Crippen LogP contribution in [0, 0.1) is 6.92 Å². The molecule has 0 spiro atoms. The van der Waals surface area contributed by atoms with Crippen molar-refractivity contribution < 1.29 is 23.0 Å². The molecule has 84 valence electrons. The monoisotopic (exact) mass is 221 g/mol. The minimum absolute atomic E-state index is 0.0131. The molecule has 0 aliphatic rings. The van der Waals surface area contributed by atoms with Crippen molar-refractivity contribution in [3.63, 3.8) is 0 Å². The number of rotatable bonds is 3. The summed E-state index contributed by atoms with van der Waals surface area (Å²) in [7, 11) is 0. The summed E-state index contributed by atoms with van der Waals surface area (Å²) in [6.07, 6.45) is -3.69. The van der Waals surface area contributed by atoms with Crippen molar-refractivity contribution in [1.82, 2.24) is 4.98 Å². The molecule has 3 nitrogen and oxygen atoms in total. The molecule has 1 aromatic rings. The van der Waals surface area contributed by atoms with Crippen molar-refractivity contribution in [2.45, 2.75) is 13.1 Å². The van der Waals surface area contributed by atoms with Crippen LogP contribution in [0.1, 0.15) is 11.1 Å². The first-order valence-corrected chi connectivity index (χ1v) is 4.22. The molecule has 0 atom stereocenters. The van der Waals surface area contributed by atoms with E-state index in [1.54, 1.807) is 0 Å². The fourth-order valence-electron chi connectivity index (χ4n) is 1.01. The van der Waals surface area contributed by atoms with Crippen LogP contribution in [-0.2, 0) is 6.18 Å². The molecular formula is C9H10F3NO2. The van der Waals surface area contributed by atoms with Crippen LogP contribution >= 0.6 is 0 Å². The first-order valence-electron chi connectivity index (χ1n) is 4.22. The van der Waals surface area contributed by atoms with Gasteiger partial charge in [0.05, 0.1) is 12.2 Å². The van der Waals surface area contributed by atoms with E-state index in [0.29, 0.717) is 11.8 Å². The van der Waals surface area contributed by atoms with Gasteiger partial charge in [0.1, 0.15) is 6.61 Å². The zero-order chi connectivity index (χ0) is 11.5. The summed E-state index contributed by atoms with van der Waals surface area (Å²) in [5.41, 5.74) is -0.519. The molecular weight excluding hydrogens is 211 g/mol. The van der Waals surface area contributed by atoms with E-state index in [9.17, 15) is 13.2 Å². The molecule has 0 unspecified atom stereocenters. The van der Waals surface area contributed by atoms with Crippen molar-refractivity contribution >= 4 is 0 Å². The number of aliphatic hydroxyl groups is 1. The SMILES string of the molecule is Cc1cc(C(F)(F)F)cnc1OCCO. The first-order chi connectivity index (χ1) is 6.95. The van der Waals surface area contributed by atoms with Gasteiger partial charge in [-0.2, -0.15) is 13.2 Å². The van der Waals surface area contributed by atoms with Gasteiger partial charge in [0.2, 0.25) is 5.88 Å². The second-order valence-electron chi connectivity index (χ2n) is 2.92. The minimum Gasteiger partial charge on any atom is -0.475 e. The van der Waals surface area contributed by atoms with E-state index in [0.717, 1.165) is 6.07 Å². The first kappa shape index (κ1) is 11.8. The van der Waals surface area contributed by atoms with Gasteiger partial charge in [0, 0.05) is 11.8 Å². The van der Waals surface area contributed by atoms with E-state index < -0.39 is 11.7 Å². The van der Waals surface area contributed by atoms with Crippen LogP contribution < -0.4 is 4.74 Å². The Morgan fingerprint density at radius 2 is 2.13 bits per heavy atom. The van der Waals surface area contributed by atoms with Gasteiger partial charge in [-0.05, 0) is 13.0 Å². The predicted molar refractivity (Wildman–Crippen MR) is 46.6 cm³/mol. The van der Waals surface area contributed by atoms with Crippen molar-refractivity contribution in [1.29, 1.82) is 0 Å². The molecule has 0 aromatic carbocycles. The van der Waals surface area contributed by atoms with Crippen molar-refractivity contribution in [2.75, 3.05) is 13.2 Å². The summed E-state index contributed by atoms with van der Waals surface area (Å²) >= 11 is 0. The molecule has 0 bridgehead atoms.